The van der Waals surface area contributed by atoms with Crippen LogP contribution in [0.15, 0.2) is 22.8 Å². The summed E-state index contributed by atoms with van der Waals surface area (Å²) in [7, 11) is 0. The summed E-state index contributed by atoms with van der Waals surface area (Å²) in [5.41, 5.74) is -0.927. The maximum absolute atomic E-state index is 10.7. The fourth-order valence-electron chi connectivity index (χ4n) is 0.740. The molecular weight excluding hydrogens is 180 g/mol. The number of halogens is 1. The predicted molar refractivity (Wildman–Crippen MR) is 46.6 cm³/mol. The van der Waals surface area contributed by atoms with Crippen LogP contribution in [-0.2, 0) is 10.2 Å². The first-order valence-electron chi connectivity index (χ1n) is 3.32. The Morgan fingerprint density at radius 3 is 2.50 bits per heavy atom. The van der Waals surface area contributed by atoms with Crippen LogP contribution in [0.2, 0.25) is 0 Å². The molecule has 12 heavy (non-hydrogen) atoms. The van der Waals surface area contributed by atoms with Crippen molar-refractivity contribution in [2.75, 3.05) is 0 Å². The number of carboxylic acids is 1. The maximum atomic E-state index is 10.7. The lowest BCUT2D eigenvalue weighted by molar-refractivity contribution is -0.143. The SMILES string of the molecule is CC(C)(C(=O)O)c1ccco1.Cl. The smallest absolute Gasteiger partial charge is 0.316 e. The minimum Gasteiger partial charge on any atom is -0.481 e. The predicted octanol–water partition coefficient (Wildman–Crippen LogP) is 2.06. The Morgan fingerprint density at radius 1 is 1.58 bits per heavy atom. The zero-order valence-corrected chi connectivity index (χ0v) is 7.72. The molecule has 0 saturated heterocycles. The van der Waals surface area contributed by atoms with Gasteiger partial charge in [0.2, 0.25) is 0 Å². The van der Waals surface area contributed by atoms with Crippen molar-refractivity contribution >= 4 is 18.4 Å². The normalized spacial score (nSPS) is 10.5. The quantitative estimate of drug-likeness (QED) is 0.777. The third-order valence-electron chi connectivity index (χ3n) is 1.67. The van der Waals surface area contributed by atoms with Crippen LogP contribution >= 0.6 is 12.4 Å². The minimum atomic E-state index is -0.927. The number of carbonyl (C=O) groups is 1. The summed E-state index contributed by atoms with van der Waals surface area (Å²) in [5, 5.41) is 8.75. The highest BCUT2D eigenvalue weighted by molar-refractivity contribution is 5.85. The summed E-state index contributed by atoms with van der Waals surface area (Å²) in [4.78, 5) is 10.7. The van der Waals surface area contributed by atoms with Gasteiger partial charge in [-0.15, -0.1) is 12.4 Å². The van der Waals surface area contributed by atoms with E-state index in [0.29, 0.717) is 5.76 Å². The van der Waals surface area contributed by atoms with E-state index in [1.807, 2.05) is 0 Å². The Bertz CT molecular complexity index is 251. The van der Waals surface area contributed by atoms with Crippen molar-refractivity contribution in [2.45, 2.75) is 19.3 Å². The molecule has 0 radical (unpaired) electrons. The van der Waals surface area contributed by atoms with E-state index in [9.17, 15) is 4.79 Å². The zero-order chi connectivity index (χ0) is 8.48. The second-order valence-corrected chi connectivity index (χ2v) is 2.91. The summed E-state index contributed by atoms with van der Waals surface area (Å²) in [6, 6.07) is 3.34. The van der Waals surface area contributed by atoms with Crippen LogP contribution in [0.1, 0.15) is 19.6 Å². The molecule has 0 fully saturated rings. The summed E-state index contributed by atoms with van der Waals surface area (Å²) >= 11 is 0. The molecule has 0 spiro atoms. The second-order valence-electron chi connectivity index (χ2n) is 2.91. The minimum absolute atomic E-state index is 0. The zero-order valence-electron chi connectivity index (χ0n) is 6.90. The van der Waals surface area contributed by atoms with E-state index < -0.39 is 11.4 Å². The van der Waals surface area contributed by atoms with Crippen molar-refractivity contribution in [2.24, 2.45) is 0 Å². The first kappa shape index (κ1) is 11.0. The van der Waals surface area contributed by atoms with Gasteiger partial charge in [0.1, 0.15) is 11.2 Å². The molecule has 0 bridgehead atoms. The van der Waals surface area contributed by atoms with E-state index >= 15 is 0 Å². The largest absolute Gasteiger partial charge is 0.481 e. The van der Waals surface area contributed by atoms with Crippen LogP contribution < -0.4 is 0 Å². The number of rotatable bonds is 2. The van der Waals surface area contributed by atoms with E-state index in [-0.39, 0.29) is 12.4 Å². The third-order valence-corrected chi connectivity index (χ3v) is 1.67. The van der Waals surface area contributed by atoms with Crippen LogP contribution in [0.4, 0.5) is 0 Å². The van der Waals surface area contributed by atoms with Crippen molar-refractivity contribution in [3.05, 3.63) is 24.2 Å². The molecule has 0 saturated carbocycles. The number of hydrogen-bond donors (Lipinski definition) is 1. The molecule has 1 aromatic heterocycles. The lowest BCUT2D eigenvalue weighted by Crippen LogP contribution is -2.27. The van der Waals surface area contributed by atoms with Gasteiger partial charge in [0.05, 0.1) is 6.26 Å². The lowest BCUT2D eigenvalue weighted by atomic mass is 9.91. The van der Waals surface area contributed by atoms with Gasteiger partial charge in [-0.25, -0.2) is 0 Å². The first-order chi connectivity index (χ1) is 5.05. The topological polar surface area (TPSA) is 50.4 Å². The van der Waals surface area contributed by atoms with Crippen molar-refractivity contribution in [1.29, 1.82) is 0 Å². The van der Waals surface area contributed by atoms with Gasteiger partial charge in [0.25, 0.3) is 0 Å². The van der Waals surface area contributed by atoms with Crippen molar-refractivity contribution in [3.63, 3.8) is 0 Å². The van der Waals surface area contributed by atoms with Crippen LogP contribution in [0.25, 0.3) is 0 Å². The molecule has 0 aliphatic carbocycles. The van der Waals surface area contributed by atoms with Crippen molar-refractivity contribution in [3.8, 4) is 0 Å². The van der Waals surface area contributed by atoms with Crippen LogP contribution in [-0.4, -0.2) is 11.1 Å². The number of aliphatic carboxylic acids is 1. The molecule has 1 rings (SSSR count). The van der Waals surface area contributed by atoms with Crippen LogP contribution in [0, 0.1) is 0 Å². The fourth-order valence-corrected chi connectivity index (χ4v) is 0.740. The average molecular weight is 191 g/mol. The first-order valence-corrected chi connectivity index (χ1v) is 3.32. The molecule has 0 aliphatic heterocycles. The Hall–Kier alpha value is -0.960. The fraction of sp³-hybridized carbons (Fsp3) is 0.375. The molecule has 1 N–H and O–H groups in total. The second kappa shape index (κ2) is 3.63. The molecule has 0 unspecified atom stereocenters. The molecular formula is C8H11ClO3. The summed E-state index contributed by atoms with van der Waals surface area (Å²) in [6.45, 7) is 3.21. The average Bonchev–Trinajstić information content (AvgIpc) is 2.37. The Balaban J connectivity index is 0.00000121. The molecule has 1 aromatic rings. The van der Waals surface area contributed by atoms with Crippen LogP contribution in [0.5, 0.6) is 0 Å². The molecule has 0 amide bonds. The standard InChI is InChI=1S/C8H10O3.ClH/c1-8(2,7(9)10)6-4-3-5-11-6;/h3-5H,1-2H3,(H,9,10);1H. The summed E-state index contributed by atoms with van der Waals surface area (Å²) in [6.07, 6.45) is 1.47. The Labute approximate surface area is 76.8 Å². The highest BCUT2D eigenvalue weighted by atomic mass is 35.5. The summed E-state index contributed by atoms with van der Waals surface area (Å²) < 4.78 is 4.98. The van der Waals surface area contributed by atoms with Gasteiger partial charge < -0.3 is 9.52 Å². The van der Waals surface area contributed by atoms with Gasteiger partial charge in [-0.1, -0.05) is 0 Å². The molecule has 68 valence electrons. The molecule has 3 nitrogen and oxygen atoms in total. The maximum Gasteiger partial charge on any atom is 0.316 e. The highest BCUT2D eigenvalue weighted by Gasteiger charge is 2.31. The molecule has 1 heterocycles. The monoisotopic (exact) mass is 190 g/mol. The van der Waals surface area contributed by atoms with Crippen molar-refractivity contribution < 1.29 is 14.3 Å². The van der Waals surface area contributed by atoms with Crippen molar-refractivity contribution in [1.82, 2.24) is 0 Å². The van der Waals surface area contributed by atoms with E-state index in [1.54, 1.807) is 26.0 Å². The van der Waals surface area contributed by atoms with Crippen LogP contribution in [0.3, 0.4) is 0 Å². The Kier molecular flexibility index (Phi) is 3.34. The van der Waals surface area contributed by atoms with Gasteiger partial charge in [-0.3, -0.25) is 4.79 Å². The van der Waals surface area contributed by atoms with Gasteiger partial charge in [-0.05, 0) is 26.0 Å². The highest BCUT2D eigenvalue weighted by Crippen LogP contribution is 2.23. The van der Waals surface area contributed by atoms with E-state index in [0.717, 1.165) is 0 Å². The van der Waals surface area contributed by atoms with E-state index in [1.165, 1.54) is 6.26 Å². The number of hydrogen-bond acceptors (Lipinski definition) is 2. The summed E-state index contributed by atoms with van der Waals surface area (Å²) in [5.74, 6) is -0.405. The number of carboxylic acid groups (broad SMARTS) is 1. The van der Waals surface area contributed by atoms with Gasteiger partial charge in [0.15, 0.2) is 0 Å². The number of furan rings is 1. The lowest BCUT2D eigenvalue weighted by Gasteiger charge is -2.14. The molecule has 0 aromatic carbocycles. The van der Waals surface area contributed by atoms with Gasteiger partial charge >= 0.3 is 5.97 Å². The van der Waals surface area contributed by atoms with Gasteiger partial charge in [0, 0.05) is 0 Å². The molecule has 0 aliphatic rings. The third kappa shape index (κ3) is 1.80. The Morgan fingerprint density at radius 2 is 2.17 bits per heavy atom. The molecule has 0 atom stereocenters. The van der Waals surface area contributed by atoms with E-state index in [2.05, 4.69) is 0 Å². The molecule has 4 heteroatoms. The van der Waals surface area contributed by atoms with Gasteiger partial charge in [-0.2, -0.15) is 0 Å². The van der Waals surface area contributed by atoms with E-state index in [4.69, 9.17) is 9.52 Å².